The van der Waals surface area contributed by atoms with E-state index in [2.05, 4.69) is 15.9 Å². The fourth-order valence-electron chi connectivity index (χ4n) is 1.51. The molecule has 0 radical (unpaired) electrons. The van der Waals surface area contributed by atoms with Gasteiger partial charge in [-0.25, -0.2) is 0 Å². The van der Waals surface area contributed by atoms with Crippen molar-refractivity contribution in [1.29, 1.82) is 0 Å². The summed E-state index contributed by atoms with van der Waals surface area (Å²) in [6, 6.07) is 5.52. The molecule has 0 amide bonds. The Kier molecular flexibility index (Phi) is 3.17. The van der Waals surface area contributed by atoms with Crippen LogP contribution < -0.4 is 9.47 Å². The van der Waals surface area contributed by atoms with Crippen LogP contribution in [0.2, 0.25) is 0 Å². The number of ether oxygens (including phenoxy) is 2. The quantitative estimate of drug-likeness (QED) is 0.840. The van der Waals surface area contributed by atoms with Gasteiger partial charge in [-0.1, -0.05) is 22.0 Å². The molecule has 0 aliphatic carbocycles. The highest BCUT2D eigenvalue weighted by Gasteiger charge is 2.17. The maximum absolute atomic E-state index is 9.86. The number of fused-ring (bicyclic) bond motifs is 1. The second kappa shape index (κ2) is 4.41. The van der Waals surface area contributed by atoms with Crippen molar-refractivity contribution < 1.29 is 14.6 Å². The first-order valence-electron chi connectivity index (χ1n) is 4.90. The van der Waals surface area contributed by atoms with E-state index in [0.29, 0.717) is 19.0 Å². The zero-order valence-corrected chi connectivity index (χ0v) is 10.0. The lowest BCUT2D eigenvalue weighted by Crippen LogP contribution is -2.16. The molecule has 0 saturated heterocycles. The second-order valence-electron chi connectivity index (χ2n) is 3.53. The van der Waals surface area contributed by atoms with Crippen molar-refractivity contribution in [2.24, 2.45) is 0 Å². The summed E-state index contributed by atoms with van der Waals surface area (Å²) < 4.78 is 10.8. The predicted octanol–water partition coefficient (Wildman–Crippen LogP) is 2.27. The lowest BCUT2D eigenvalue weighted by Gasteiger charge is -2.20. The van der Waals surface area contributed by atoms with Crippen molar-refractivity contribution in [1.82, 2.24) is 0 Å². The van der Waals surface area contributed by atoms with Gasteiger partial charge in [0.05, 0.1) is 6.10 Å². The Bertz CT molecular complexity index is 352. The van der Waals surface area contributed by atoms with Gasteiger partial charge in [-0.05, 0) is 24.6 Å². The van der Waals surface area contributed by atoms with Crippen LogP contribution in [0.1, 0.15) is 18.6 Å². The molecule has 4 heteroatoms. The van der Waals surface area contributed by atoms with Crippen LogP contribution in [-0.4, -0.2) is 23.1 Å². The van der Waals surface area contributed by atoms with Crippen molar-refractivity contribution in [3.8, 4) is 11.5 Å². The van der Waals surface area contributed by atoms with Gasteiger partial charge in [0, 0.05) is 4.83 Å². The first kappa shape index (κ1) is 10.8. The number of halogens is 1. The number of aliphatic hydroxyl groups is 1. The zero-order valence-electron chi connectivity index (χ0n) is 8.44. The maximum atomic E-state index is 9.86. The molecule has 2 atom stereocenters. The Morgan fingerprint density at radius 2 is 1.93 bits per heavy atom. The lowest BCUT2D eigenvalue weighted by molar-refractivity contribution is 0.165. The summed E-state index contributed by atoms with van der Waals surface area (Å²) in [5, 5.41) is 9.86. The minimum atomic E-state index is -0.527. The van der Waals surface area contributed by atoms with Gasteiger partial charge in [-0.3, -0.25) is 0 Å². The minimum absolute atomic E-state index is 0.0139. The van der Waals surface area contributed by atoms with Gasteiger partial charge in [0.15, 0.2) is 11.5 Å². The third kappa shape index (κ3) is 2.26. The summed E-state index contributed by atoms with van der Waals surface area (Å²) >= 11 is 3.35. The van der Waals surface area contributed by atoms with Gasteiger partial charge in [0.2, 0.25) is 0 Å². The smallest absolute Gasteiger partial charge is 0.161 e. The molecule has 15 heavy (non-hydrogen) atoms. The summed E-state index contributed by atoms with van der Waals surface area (Å²) in [6.45, 7) is 3.06. The van der Waals surface area contributed by atoms with E-state index in [9.17, 15) is 5.11 Å². The molecule has 1 aromatic rings. The lowest BCUT2D eigenvalue weighted by atomic mass is 10.1. The van der Waals surface area contributed by atoms with Crippen LogP contribution in [-0.2, 0) is 0 Å². The summed E-state index contributed by atoms with van der Waals surface area (Å²) in [7, 11) is 0. The van der Waals surface area contributed by atoms with Crippen LogP contribution >= 0.6 is 15.9 Å². The molecule has 3 nitrogen and oxygen atoms in total. The fraction of sp³-hybridized carbons (Fsp3) is 0.455. The first-order valence-corrected chi connectivity index (χ1v) is 5.82. The van der Waals surface area contributed by atoms with Crippen molar-refractivity contribution in [2.45, 2.75) is 17.9 Å². The van der Waals surface area contributed by atoms with Crippen LogP contribution in [0.15, 0.2) is 18.2 Å². The third-order valence-electron chi connectivity index (χ3n) is 2.34. The molecule has 1 heterocycles. The molecule has 0 spiro atoms. The minimum Gasteiger partial charge on any atom is -0.486 e. The van der Waals surface area contributed by atoms with Gasteiger partial charge in [-0.15, -0.1) is 0 Å². The van der Waals surface area contributed by atoms with Crippen LogP contribution in [0.25, 0.3) is 0 Å². The number of rotatable bonds is 2. The molecule has 0 saturated carbocycles. The third-order valence-corrected chi connectivity index (χ3v) is 2.84. The number of aliphatic hydroxyl groups excluding tert-OH is 1. The summed E-state index contributed by atoms with van der Waals surface area (Å²) in [5.41, 5.74) is 0.837. The molecule has 82 valence electrons. The molecule has 0 bridgehead atoms. The highest BCUT2D eigenvalue weighted by atomic mass is 79.9. The Labute approximate surface area is 97.1 Å². The summed E-state index contributed by atoms with van der Waals surface area (Å²) in [5.74, 6) is 1.46. The van der Waals surface area contributed by atoms with Crippen molar-refractivity contribution in [3.05, 3.63) is 23.8 Å². The molecule has 1 aliphatic heterocycles. The molecule has 1 aromatic carbocycles. The molecule has 0 fully saturated rings. The maximum Gasteiger partial charge on any atom is 0.161 e. The monoisotopic (exact) mass is 272 g/mol. The predicted molar refractivity (Wildman–Crippen MR) is 60.8 cm³/mol. The summed E-state index contributed by atoms with van der Waals surface area (Å²) in [6.07, 6.45) is -0.527. The van der Waals surface area contributed by atoms with Crippen LogP contribution in [0.3, 0.4) is 0 Å². The Balaban J connectivity index is 2.27. The molecule has 0 aromatic heterocycles. The van der Waals surface area contributed by atoms with E-state index in [1.54, 1.807) is 0 Å². The van der Waals surface area contributed by atoms with E-state index in [-0.39, 0.29) is 4.83 Å². The Morgan fingerprint density at radius 3 is 2.60 bits per heavy atom. The highest BCUT2D eigenvalue weighted by Crippen LogP contribution is 2.34. The average Bonchev–Trinajstić information content (AvgIpc) is 2.27. The van der Waals surface area contributed by atoms with Gasteiger partial charge in [-0.2, -0.15) is 0 Å². The van der Waals surface area contributed by atoms with Crippen molar-refractivity contribution in [2.75, 3.05) is 13.2 Å². The molecule has 1 aliphatic rings. The fourth-order valence-corrected chi connectivity index (χ4v) is 1.81. The average molecular weight is 273 g/mol. The first-order chi connectivity index (χ1) is 7.18. The van der Waals surface area contributed by atoms with E-state index in [4.69, 9.17) is 9.47 Å². The van der Waals surface area contributed by atoms with E-state index in [0.717, 1.165) is 11.3 Å². The van der Waals surface area contributed by atoms with E-state index in [1.807, 2.05) is 25.1 Å². The molecule has 2 unspecified atom stereocenters. The van der Waals surface area contributed by atoms with Gasteiger partial charge in [0.25, 0.3) is 0 Å². The highest BCUT2D eigenvalue weighted by molar-refractivity contribution is 9.09. The molecule has 2 rings (SSSR count). The van der Waals surface area contributed by atoms with E-state index >= 15 is 0 Å². The number of benzene rings is 1. The van der Waals surface area contributed by atoms with Crippen molar-refractivity contribution >= 4 is 15.9 Å². The molecular formula is C11H13BrO3. The zero-order chi connectivity index (χ0) is 10.8. The van der Waals surface area contributed by atoms with Gasteiger partial charge >= 0.3 is 0 Å². The number of hydrogen-bond donors (Lipinski definition) is 1. The standard InChI is InChI=1S/C11H13BrO3/c1-7(12)11(13)8-2-3-9-10(6-8)15-5-4-14-9/h2-3,6-7,11,13H,4-5H2,1H3. The Hall–Kier alpha value is -0.740. The number of hydrogen-bond acceptors (Lipinski definition) is 3. The SMILES string of the molecule is CC(Br)C(O)c1ccc2c(c1)OCCO2. The normalized spacial score (nSPS) is 18.3. The van der Waals surface area contributed by atoms with Crippen LogP contribution in [0.4, 0.5) is 0 Å². The van der Waals surface area contributed by atoms with E-state index < -0.39 is 6.10 Å². The largest absolute Gasteiger partial charge is 0.486 e. The second-order valence-corrected chi connectivity index (χ2v) is 4.97. The van der Waals surface area contributed by atoms with Crippen LogP contribution in [0.5, 0.6) is 11.5 Å². The Morgan fingerprint density at radius 1 is 1.27 bits per heavy atom. The van der Waals surface area contributed by atoms with Crippen molar-refractivity contribution in [3.63, 3.8) is 0 Å². The topological polar surface area (TPSA) is 38.7 Å². The van der Waals surface area contributed by atoms with Crippen LogP contribution in [0, 0.1) is 0 Å². The number of alkyl halides is 1. The van der Waals surface area contributed by atoms with E-state index in [1.165, 1.54) is 0 Å². The van der Waals surface area contributed by atoms with Gasteiger partial charge in [0.1, 0.15) is 13.2 Å². The molecular weight excluding hydrogens is 260 g/mol. The molecule has 1 N–H and O–H groups in total. The van der Waals surface area contributed by atoms with Gasteiger partial charge < -0.3 is 14.6 Å². The summed E-state index contributed by atoms with van der Waals surface area (Å²) in [4.78, 5) is 0.0139.